The first-order valence-corrected chi connectivity index (χ1v) is 9.15. The summed E-state index contributed by atoms with van der Waals surface area (Å²) in [6.07, 6.45) is 7.36. The molecule has 1 aromatic rings. The highest BCUT2D eigenvalue weighted by molar-refractivity contribution is 9.10. The van der Waals surface area contributed by atoms with Crippen molar-refractivity contribution in [2.75, 3.05) is 26.4 Å². The molecule has 1 fully saturated rings. The van der Waals surface area contributed by atoms with Gasteiger partial charge in [-0.1, -0.05) is 12.8 Å². The molecule has 2 rings (SSSR count). The second kappa shape index (κ2) is 7.82. The third-order valence-corrected chi connectivity index (χ3v) is 5.86. The maximum atomic E-state index is 6.40. The van der Waals surface area contributed by atoms with Crippen LogP contribution in [0.25, 0.3) is 0 Å². The molecule has 4 nitrogen and oxygen atoms in total. The van der Waals surface area contributed by atoms with Gasteiger partial charge in [0.05, 0.1) is 29.0 Å². The normalized spacial score (nSPS) is 18.1. The minimum Gasteiger partial charge on any atom is -0.322 e. The van der Waals surface area contributed by atoms with Crippen LogP contribution in [0.5, 0.6) is 0 Å². The van der Waals surface area contributed by atoms with Crippen molar-refractivity contribution in [3.05, 3.63) is 16.4 Å². The largest absolute Gasteiger partial charge is 0.322 e. The van der Waals surface area contributed by atoms with Crippen LogP contribution in [-0.4, -0.2) is 46.3 Å². The zero-order valence-corrected chi connectivity index (χ0v) is 14.8. The van der Waals surface area contributed by atoms with Crippen molar-refractivity contribution >= 4 is 27.7 Å². The van der Waals surface area contributed by atoms with Gasteiger partial charge in [0.2, 0.25) is 0 Å². The molecule has 1 aliphatic carbocycles. The summed E-state index contributed by atoms with van der Waals surface area (Å²) < 4.78 is 3.08. The van der Waals surface area contributed by atoms with Crippen molar-refractivity contribution in [2.45, 2.75) is 43.5 Å². The van der Waals surface area contributed by atoms with Gasteiger partial charge in [-0.3, -0.25) is 4.68 Å². The molecule has 1 atom stereocenters. The lowest BCUT2D eigenvalue weighted by molar-refractivity contribution is 0.367. The number of hydrogen-bond acceptors (Lipinski definition) is 4. The van der Waals surface area contributed by atoms with E-state index in [0.29, 0.717) is 0 Å². The van der Waals surface area contributed by atoms with Crippen LogP contribution in [0.2, 0.25) is 0 Å². The summed E-state index contributed by atoms with van der Waals surface area (Å²) in [6, 6.07) is 0.0552. The van der Waals surface area contributed by atoms with Crippen molar-refractivity contribution in [1.82, 2.24) is 14.7 Å². The molecule has 0 radical (unpaired) electrons. The fraction of sp³-hybridized carbons (Fsp3) is 0.786. The average molecular weight is 361 g/mol. The number of likely N-dealkylation sites (N-methyl/N-ethyl adjacent to an activating group) is 1. The second-order valence-electron chi connectivity index (χ2n) is 5.75. The SMILES string of the molecule is CN(C)CCn1ncc(Br)c1C(N)CSC1CCCC1. The average Bonchev–Trinajstić information content (AvgIpc) is 3.03. The van der Waals surface area contributed by atoms with E-state index in [4.69, 9.17) is 5.73 Å². The highest BCUT2D eigenvalue weighted by Gasteiger charge is 2.20. The number of nitrogens with zero attached hydrogens (tertiary/aromatic N) is 3. The number of thioether (sulfide) groups is 1. The smallest absolute Gasteiger partial charge is 0.0702 e. The molecule has 0 saturated heterocycles. The van der Waals surface area contributed by atoms with Crippen molar-refractivity contribution in [2.24, 2.45) is 5.73 Å². The summed E-state index contributed by atoms with van der Waals surface area (Å²) >= 11 is 5.63. The zero-order valence-electron chi connectivity index (χ0n) is 12.4. The molecule has 1 saturated carbocycles. The van der Waals surface area contributed by atoms with Gasteiger partial charge in [0, 0.05) is 17.5 Å². The van der Waals surface area contributed by atoms with Crippen LogP contribution in [0, 0.1) is 0 Å². The van der Waals surface area contributed by atoms with E-state index in [1.807, 2.05) is 22.6 Å². The van der Waals surface area contributed by atoms with Gasteiger partial charge in [-0.15, -0.1) is 0 Å². The fourth-order valence-electron chi connectivity index (χ4n) is 2.59. The topological polar surface area (TPSA) is 47.1 Å². The number of halogens is 1. The second-order valence-corrected chi connectivity index (χ2v) is 7.94. The number of nitrogens with two attached hydrogens (primary N) is 1. The Bertz CT molecular complexity index is 415. The van der Waals surface area contributed by atoms with Crippen molar-refractivity contribution in [3.63, 3.8) is 0 Å². The fourth-order valence-corrected chi connectivity index (χ4v) is 4.48. The summed E-state index contributed by atoms with van der Waals surface area (Å²) in [5, 5.41) is 5.26. The van der Waals surface area contributed by atoms with Gasteiger partial charge in [0.25, 0.3) is 0 Å². The molecular formula is C14H25BrN4S. The maximum absolute atomic E-state index is 6.40. The van der Waals surface area contributed by atoms with E-state index in [0.717, 1.165) is 34.3 Å². The zero-order chi connectivity index (χ0) is 14.5. The van der Waals surface area contributed by atoms with Crippen LogP contribution in [0.3, 0.4) is 0 Å². The molecule has 6 heteroatoms. The van der Waals surface area contributed by atoms with E-state index in [-0.39, 0.29) is 6.04 Å². The van der Waals surface area contributed by atoms with E-state index in [1.54, 1.807) is 0 Å². The number of rotatable bonds is 7. The predicted molar refractivity (Wildman–Crippen MR) is 90.1 cm³/mol. The van der Waals surface area contributed by atoms with Crippen molar-refractivity contribution in [3.8, 4) is 0 Å². The first-order valence-electron chi connectivity index (χ1n) is 7.31. The first-order chi connectivity index (χ1) is 9.58. The molecule has 1 aromatic heterocycles. The first kappa shape index (κ1) is 16.3. The van der Waals surface area contributed by atoms with E-state index in [1.165, 1.54) is 25.7 Å². The lowest BCUT2D eigenvalue weighted by atomic mass is 10.2. The van der Waals surface area contributed by atoms with Crippen LogP contribution in [-0.2, 0) is 6.54 Å². The van der Waals surface area contributed by atoms with Crippen LogP contribution < -0.4 is 5.73 Å². The Morgan fingerprint density at radius 3 is 2.85 bits per heavy atom. The third-order valence-electron chi connectivity index (χ3n) is 3.76. The highest BCUT2D eigenvalue weighted by Crippen LogP contribution is 2.32. The summed E-state index contributed by atoms with van der Waals surface area (Å²) in [7, 11) is 4.15. The van der Waals surface area contributed by atoms with Gasteiger partial charge >= 0.3 is 0 Å². The van der Waals surface area contributed by atoms with Crippen molar-refractivity contribution in [1.29, 1.82) is 0 Å². The monoisotopic (exact) mass is 360 g/mol. The number of hydrogen-bond donors (Lipinski definition) is 1. The van der Waals surface area contributed by atoms with E-state index < -0.39 is 0 Å². The Morgan fingerprint density at radius 2 is 2.20 bits per heavy atom. The molecule has 1 unspecified atom stereocenters. The van der Waals surface area contributed by atoms with Gasteiger partial charge in [-0.2, -0.15) is 16.9 Å². The molecule has 20 heavy (non-hydrogen) atoms. The van der Waals surface area contributed by atoms with Gasteiger partial charge in [0.1, 0.15) is 0 Å². The predicted octanol–water partition coefficient (Wildman–Crippen LogP) is 2.88. The number of aromatic nitrogens is 2. The summed E-state index contributed by atoms with van der Waals surface area (Å²) in [5.41, 5.74) is 7.54. The quantitative estimate of drug-likeness (QED) is 0.811. The van der Waals surface area contributed by atoms with Crippen LogP contribution in [0.1, 0.15) is 37.4 Å². The highest BCUT2D eigenvalue weighted by atomic mass is 79.9. The Balaban J connectivity index is 1.93. The summed E-state index contributed by atoms with van der Waals surface area (Å²) in [5.74, 6) is 0.983. The van der Waals surface area contributed by atoms with Gasteiger partial charge < -0.3 is 10.6 Å². The third kappa shape index (κ3) is 4.48. The molecule has 2 N–H and O–H groups in total. The molecule has 0 aliphatic heterocycles. The molecule has 0 bridgehead atoms. The molecule has 114 valence electrons. The molecular weight excluding hydrogens is 336 g/mol. The minimum absolute atomic E-state index is 0.0552. The van der Waals surface area contributed by atoms with Gasteiger partial charge in [0.15, 0.2) is 0 Å². The van der Waals surface area contributed by atoms with Crippen LogP contribution in [0.15, 0.2) is 10.7 Å². The van der Waals surface area contributed by atoms with Gasteiger partial charge in [-0.05, 0) is 42.9 Å². The summed E-state index contributed by atoms with van der Waals surface area (Å²) in [6.45, 7) is 1.86. The van der Waals surface area contributed by atoms with E-state index in [9.17, 15) is 0 Å². The Hall–Kier alpha value is -0.0400. The Morgan fingerprint density at radius 1 is 1.50 bits per heavy atom. The van der Waals surface area contributed by atoms with E-state index >= 15 is 0 Å². The summed E-state index contributed by atoms with van der Waals surface area (Å²) in [4.78, 5) is 2.16. The van der Waals surface area contributed by atoms with Crippen LogP contribution in [0.4, 0.5) is 0 Å². The lowest BCUT2D eigenvalue weighted by Crippen LogP contribution is -2.24. The molecule has 1 aliphatic rings. The minimum atomic E-state index is 0.0552. The standard InChI is InChI=1S/C14H25BrN4S/c1-18(2)7-8-19-14(12(15)9-17-19)13(16)10-20-11-5-3-4-6-11/h9,11,13H,3-8,10,16H2,1-2H3. The lowest BCUT2D eigenvalue weighted by Gasteiger charge is -2.18. The Labute approximate surface area is 134 Å². The molecule has 0 aromatic carbocycles. The van der Waals surface area contributed by atoms with Crippen molar-refractivity contribution < 1.29 is 0 Å². The van der Waals surface area contributed by atoms with Gasteiger partial charge in [-0.25, -0.2) is 0 Å². The maximum Gasteiger partial charge on any atom is 0.0702 e. The molecule has 0 spiro atoms. The van der Waals surface area contributed by atoms with Crippen LogP contribution >= 0.6 is 27.7 Å². The molecule has 0 amide bonds. The molecule has 1 heterocycles. The van der Waals surface area contributed by atoms with E-state index in [2.05, 4.69) is 40.0 Å². The Kier molecular flexibility index (Phi) is 6.39.